The van der Waals surface area contributed by atoms with Crippen LogP contribution in [0, 0.1) is 5.41 Å². The van der Waals surface area contributed by atoms with E-state index in [1.54, 1.807) is 0 Å². The van der Waals surface area contributed by atoms with Crippen molar-refractivity contribution in [3.63, 3.8) is 0 Å². The second-order valence-corrected chi connectivity index (χ2v) is 19.0. The van der Waals surface area contributed by atoms with Gasteiger partial charge in [0.15, 0.2) is 11.7 Å². The first-order valence-corrected chi connectivity index (χ1v) is 24.5. The molecule has 1 aromatic heterocycles. The van der Waals surface area contributed by atoms with Crippen LogP contribution in [-0.4, -0.2) is 22.5 Å². The molecule has 1 N–H and O–H groups in total. The molecule has 72 heavy (non-hydrogen) atoms. The van der Waals surface area contributed by atoms with Crippen molar-refractivity contribution >= 4 is 45.3 Å². The molecule has 4 nitrogen and oxygen atoms in total. The van der Waals surface area contributed by atoms with Gasteiger partial charge in [0.1, 0.15) is 0 Å². The molecule has 0 radical (unpaired) electrons. The summed E-state index contributed by atoms with van der Waals surface area (Å²) in [4.78, 5) is 10.1. The predicted molar refractivity (Wildman–Crippen MR) is 308 cm³/mol. The van der Waals surface area contributed by atoms with Crippen LogP contribution >= 0.6 is 0 Å². The number of aromatic nitrogens is 1. The Hall–Kier alpha value is -8.99. The van der Waals surface area contributed by atoms with Crippen molar-refractivity contribution in [1.29, 1.82) is 5.41 Å². The van der Waals surface area contributed by atoms with Crippen molar-refractivity contribution in [3.8, 4) is 50.2 Å². The van der Waals surface area contributed by atoms with Gasteiger partial charge in [0, 0.05) is 39.2 Å². The molecule has 0 aliphatic carbocycles. The number of hydrogen-bond donors (Lipinski definition) is 1. The molecule has 4 heteroatoms. The lowest BCUT2D eigenvalue weighted by Crippen LogP contribution is -2.10. The minimum Gasteiger partial charge on any atom is -0.308 e. The first-order valence-electron chi connectivity index (χ1n) is 24.5. The van der Waals surface area contributed by atoms with E-state index in [1.807, 2.05) is 54.8 Å². The highest BCUT2D eigenvalue weighted by molar-refractivity contribution is 6.16. The summed E-state index contributed by atoms with van der Waals surface area (Å²) in [5.41, 5.74) is 17.6. The van der Waals surface area contributed by atoms with Crippen molar-refractivity contribution in [2.24, 2.45) is 9.98 Å². The van der Waals surface area contributed by atoms with Crippen molar-refractivity contribution in [2.45, 2.75) is 33.1 Å². The number of nitrogens with one attached hydrogen (secondary N) is 1. The molecular weight excluding hydrogens is 873 g/mol. The average molecular weight is 929 g/mol. The van der Waals surface area contributed by atoms with Crippen molar-refractivity contribution in [2.75, 3.05) is 0 Å². The molecule has 1 heterocycles. The maximum absolute atomic E-state index is 9.91. The molecule has 0 bridgehead atoms. The smallest absolute Gasteiger partial charge is 0.161 e. The van der Waals surface area contributed by atoms with E-state index in [0.717, 1.165) is 94.3 Å². The molecule has 0 saturated carbocycles. The van der Waals surface area contributed by atoms with E-state index >= 15 is 0 Å². The van der Waals surface area contributed by atoms with Crippen LogP contribution in [0.1, 0.15) is 55.5 Å². The Balaban J connectivity index is 1.21. The van der Waals surface area contributed by atoms with E-state index in [-0.39, 0.29) is 11.3 Å². The predicted octanol–water partition coefficient (Wildman–Crippen LogP) is 17.8. The number of amidine groups is 2. The third-order valence-electron chi connectivity index (χ3n) is 13.3. The summed E-state index contributed by atoms with van der Waals surface area (Å²) in [7, 11) is 0. The summed E-state index contributed by atoms with van der Waals surface area (Å²) in [6, 6.07) is 76.7. The van der Waals surface area contributed by atoms with Gasteiger partial charge in [-0.2, -0.15) is 0 Å². The quantitative estimate of drug-likeness (QED) is 0.0763. The van der Waals surface area contributed by atoms with Crippen LogP contribution in [0.2, 0.25) is 0 Å². The van der Waals surface area contributed by atoms with Gasteiger partial charge in [-0.15, -0.1) is 0 Å². The minimum absolute atomic E-state index is 0.0405. The van der Waals surface area contributed by atoms with Gasteiger partial charge in [-0.3, -0.25) is 5.41 Å². The molecule has 0 unspecified atom stereocenters. The molecule has 0 amide bonds. The number of nitrogens with zero attached hydrogens (tertiary/aromatic N) is 3. The van der Waals surface area contributed by atoms with Gasteiger partial charge in [0.2, 0.25) is 0 Å². The highest BCUT2D eigenvalue weighted by Crippen LogP contribution is 2.44. The Labute approximate surface area is 423 Å². The van der Waals surface area contributed by atoms with E-state index in [9.17, 15) is 5.41 Å². The van der Waals surface area contributed by atoms with Crippen molar-refractivity contribution in [3.05, 3.63) is 277 Å². The minimum atomic E-state index is -0.0405. The second kappa shape index (κ2) is 20.5. The van der Waals surface area contributed by atoms with E-state index in [1.165, 1.54) is 5.56 Å². The van der Waals surface area contributed by atoms with Crippen LogP contribution < -0.4 is 0 Å². The summed E-state index contributed by atoms with van der Waals surface area (Å²) >= 11 is 0. The lowest BCUT2D eigenvalue weighted by Gasteiger charge is -2.22. The zero-order valence-corrected chi connectivity index (χ0v) is 41.2. The number of allylic oxidation sites excluding steroid dienone is 5. The number of hydrogen-bond acceptors (Lipinski definition) is 1. The van der Waals surface area contributed by atoms with Crippen molar-refractivity contribution in [1.82, 2.24) is 4.57 Å². The highest BCUT2D eigenvalue weighted by Gasteiger charge is 2.24. The lowest BCUT2D eigenvalue weighted by molar-refractivity contribution is 0.590. The van der Waals surface area contributed by atoms with Crippen molar-refractivity contribution < 1.29 is 0 Å². The van der Waals surface area contributed by atoms with Crippen LogP contribution in [0.3, 0.4) is 0 Å². The Kier molecular flexibility index (Phi) is 13.3. The largest absolute Gasteiger partial charge is 0.308 e. The molecule has 9 aromatic carbocycles. The molecule has 0 saturated heterocycles. The number of fused-ring (bicyclic) bond motifs is 3. The van der Waals surface area contributed by atoms with Gasteiger partial charge >= 0.3 is 0 Å². The second-order valence-electron chi connectivity index (χ2n) is 19.0. The number of benzene rings is 9. The monoisotopic (exact) mass is 928 g/mol. The van der Waals surface area contributed by atoms with E-state index < -0.39 is 0 Å². The molecule has 0 spiro atoms. The average Bonchev–Trinajstić information content (AvgIpc) is 3.75. The summed E-state index contributed by atoms with van der Waals surface area (Å²) in [6.45, 7) is 12.8. The zero-order chi connectivity index (χ0) is 49.6. The van der Waals surface area contributed by atoms with E-state index in [2.05, 4.69) is 233 Å². The number of aliphatic imine (C=N–C) groups is 2. The third kappa shape index (κ3) is 9.76. The standard InChI is InChI=1S/C68H56N4/c1-6-8-21-48(7-2)55-36-40-63-61(42-55)62-43-56(50-24-15-10-16-25-50)37-41-64(62)72(63)65-59(52-26-17-11-18-27-52)44-57(45-60(65)53-34-38-58(39-35-53)68(3,4)5)66(69)71-67(54-28-19-12-20-29-54)70-46-47-30-32-51(33-31-47)49-22-13-9-14-23-49/h6-46,69H,1H2,2-5H3/b21-8-,48-7+,69-66?,70-46+,71-67-. The fourth-order valence-corrected chi connectivity index (χ4v) is 9.46. The molecule has 348 valence electrons. The van der Waals surface area contributed by atoms with Crippen LogP contribution in [0.4, 0.5) is 0 Å². The Morgan fingerprint density at radius 2 is 1.01 bits per heavy atom. The van der Waals surface area contributed by atoms with Gasteiger partial charge in [-0.25, -0.2) is 9.98 Å². The molecule has 0 fully saturated rings. The molecular formula is C68H56N4. The van der Waals surface area contributed by atoms with Crippen LogP contribution in [0.5, 0.6) is 0 Å². The SMILES string of the molecule is C=C/C=C\C(=C/C)c1ccc2c(c1)c1cc(-c3ccccc3)ccc1n2-c1c(-c2ccccc2)cc(C(=N)/N=C(\N=C\c2ccc(-c3ccccc3)cc2)c2ccccc2)cc1-c1ccc(C(C)(C)C)cc1. The van der Waals surface area contributed by atoms with Crippen LogP contribution in [0.15, 0.2) is 259 Å². The first kappa shape index (κ1) is 46.7. The van der Waals surface area contributed by atoms with E-state index in [0.29, 0.717) is 11.4 Å². The van der Waals surface area contributed by atoms with Gasteiger partial charge < -0.3 is 4.57 Å². The lowest BCUT2D eigenvalue weighted by atomic mass is 9.85. The van der Waals surface area contributed by atoms with Crippen LogP contribution in [-0.2, 0) is 5.41 Å². The summed E-state index contributed by atoms with van der Waals surface area (Å²) in [5.74, 6) is 0.553. The van der Waals surface area contributed by atoms with Gasteiger partial charge in [0.25, 0.3) is 0 Å². The van der Waals surface area contributed by atoms with Gasteiger partial charge in [0.05, 0.1) is 16.7 Å². The fourth-order valence-electron chi connectivity index (χ4n) is 9.46. The maximum Gasteiger partial charge on any atom is 0.161 e. The fraction of sp³-hybridized carbons (Fsp3) is 0.0735. The maximum atomic E-state index is 9.91. The van der Waals surface area contributed by atoms with Crippen LogP contribution in [0.25, 0.3) is 77.6 Å². The normalized spacial score (nSPS) is 12.3. The Morgan fingerprint density at radius 3 is 1.60 bits per heavy atom. The summed E-state index contributed by atoms with van der Waals surface area (Å²) in [6.07, 6.45) is 9.90. The molecule has 0 atom stereocenters. The highest BCUT2D eigenvalue weighted by atomic mass is 15.0. The Bertz CT molecular complexity index is 3700. The summed E-state index contributed by atoms with van der Waals surface area (Å²) < 4.78 is 2.44. The third-order valence-corrected chi connectivity index (χ3v) is 13.3. The van der Waals surface area contributed by atoms with Gasteiger partial charge in [-0.05, 0) is 104 Å². The number of rotatable bonds is 11. The molecule has 0 aliphatic heterocycles. The molecule has 0 aliphatic rings. The molecule has 10 rings (SSSR count). The van der Waals surface area contributed by atoms with E-state index in [4.69, 9.17) is 9.98 Å². The van der Waals surface area contributed by atoms with Gasteiger partial charge in [-0.1, -0.05) is 234 Å². The Morgan fingerprint density at radius 1 is 0.514 bits per heavy atom. The first-order chi connectivity index (χ1) is 35.2. The topological polar surface area (TPSA) is 53.5 Å². The molecule has 10 aromatic rings. The zero-order valence-electron chi connectivity index (χ0n) is 41.2. The summed E-state index contributed by atoms with van der Waals surface area (Å²) in [5, 5.41) is 12.2.